The first kappa shape index (κ1) is 28.5. The lowest BCUT2D eigenvalue weighted by molar-refractivity contribution is -0.117. The third-order valence-electron chi connectivity index (χ3n) is 7.76. The number of allylic oxidation sites excluding steroid dienone is 8. The Morgan fingerprint density at radius 2 is 1.95 bits per heavy atom. The smallest absolute Gasteiger partial charge is 0.251 e. The fourth-order valence-electron chi connectivity index (χ4n) is 5.05. The van der Waals surface area contributed by atoms with Gasteiger partial charge in [-0.3, -0.25) is 4.79 Å². The summed E-state index contributed by atoms with van der Waals surface area (Å²) in [5.74, 6) is -0.209. The van der Waals surface area contributed by atoms with E-state index in [-0.39, 0.29) is 11.9 Å². The highest BCUT2D eigenvalue weighted by Crippen LogP contribution is 2.38. The Hall–Kier alpha value is -4.51. The molecule has 0 radical (unpaired) electrons. The van der Waals surface area contributed by atoms with E-state index in [9.17, 15) is 4.79 Å². The number of fused-ring (bicyclic) bond motifs is 1. The van der Waals surface area contributed by atoms with Gasteiger partial charge in [-0.15, -0.1) is 0 Å². The molecule has 0 aromatic heterocycles. The summed E-state index contributed by atoms with van der Waals surface area (Å²) in [5, 5.41) is 6.43. The average Bonchev–Trinajstić information content (AvgIpc) is 3.21. The topological polar surface area (TPSA) is 70.4 Å². The van der Waals surface area contributed by atoms with E-state index < -0.39 is 0 Å². The molecule has 1 amide bonds. The first-order chi connectivity index (χ1) is 19.1. The van der Waals surface area contributed by atoms with E-state index in [1.807, 2.05) is 38.2 Å². The second-order valence-corrected chi connectivity index (χ2v) is 10.6. The molecule has 1 aromatic rings. The van der Waals surface area contributed by atoms with Gasteiger partial charge >= 0.3 is 0 Å². The molecule has 0 spiro atoms. The zero-order chi connectivity index (χ0) is 29.0. The number of hydrogen-bond donors (Lipinski definition) is 3. The van der Waals surface area contributed by atoms with Gasteiger partial charge in [0.2, 0.25) is 0 Å². The van der Waals surface area contributed by atoms with E-state index >= 15 is 0 Å². The number of carbonyl (C=O) groups is 1. The van der Waals surface area contributed by atoms with Gasteiger partial charge in [-0.25, -0.2) is 0 Å². The summed E-state index contributed by atoms with van der Waals surface area (Å²) in [6, 6.07) is 6.46. The van der Waals surface area contributed by atoms with Crippen LogP contribution in [0.4, 0.5) is 0 Å². The molecule has 5 heteroatoms. The SMILES string of the molecule is C=CC1=CC=C([C@H](C)NC(=O)C(=C)/C=C(\C)C(=C)NCc2ccc3c(c2)CN(C2=C(N)C(=C)C2=C)CC3)C=CC1. The minimum Gasteiger partial charge on any atom is -0.397 e. The molecule has 0 fully saturated rings. The highest BCUT2D eigenvalue weighted by atomic mass is 16.1. The molecule has 0 saturated carbocycles. The Morgan fingerprint density at radius 1 is 1.18 bits per heavy atom. The van der Waals surface area contributed by atoms with Crippen LogP contribution in [0.3, 0.4) is 0 Å². The molecule has 206 valence electrons. The maximum atomic E-state index is 12.8. The van der Waals surface area contributed by atoms with Crippen molar-refractivity contribution in [2.45, 2.75) is 45.8 Å². The van der Waals surface area contributed by atoms with E-state index in [0.717, 1.165) is 76.5 Å². The molecule has 2 aliphatic carbocycles. The largest absolute Gasteiger partial charge is 0.397 e. The number of nitrogens with one attached hydrogen (secondary N) is 2. The molecule has 40 heavy (non-hydrogen) atoms. The molecule has 0 saturated heterocycles. The van der Waals surface area contributed by atoms with Crippen molar-refractivity contribution in [2.24, 2.45) is 5.73 Å². The molecule has 0 bridgehead atoms. The van der Waals surface area contributed by atoms with Crippen LogP contribution in [0.25, 0.3) is 0 Å². The Morgan fingerprint density at radius 3 is 2.67 bits per heavy atom. The van der Waals surface area contributed by atoms with Gasteiger partial charge in [0.1, 0.15) is 0 Å². The lowest BCUT2D eigenvalue weighted by atomic mass is 9.87. The molecule has 5 nitrogen and oxygen atoms in total. The van der Waals surface area contributed by atoms with Crippen LogP contribution in [0.2, 0.25) is 0 Å². The first-order valence-corrected chi connectivity index (χ1v) is 13.6. The molecule has 4 rings (SSSR count). The van der Waals surface area contributed by atoms with Crippen molar-refractivity contribution in [3.63, 3.8) is 0 Å². The highest BCUT2D eigenvalue weighted by molar-refractivity contribution is 5.96. The zero-order valence-corrected chi connectivity index (χ0v) is 23.8. The van der Waals surface area contributed by atoms with Crippen molar-refractivity contribution in [2.75, 3.05) is 6.54 Å². The van der Waals surface area contributed by atoms with Gasteiger partial charge in [-0.05, 0) is 66.2 Å². The minimum absolute atomic E-state index is 0.148. The van der Waals surface area contributed by atoms with Crippen LogP contribution in [-0.2, 0) is 24.3 Å². The molecule has 1 aliphatic heterocycles. The number of carbonyl (C=O) groups excluding carboxylic acids is 1. The summed E-state index contributed by atoms with van der Waals surface area (Å²) in [6.07, 6.45) is 13.6. The molecule has 1 heterocycles. The summed E-state index contributed by atoms with van der Waals surface area (Å²) < 4.78 is 0. The fraction of sp³-hybridized carbons (Fsp3) is 0.229. The van der Waals surface area contributed by atoms with Gasteiger partial charge in [-0.1, -0.05) is 81.5 Å². The molecule has 1 atom stereocenters. The number of rotatable bonds is 10. The second kappa shape index (κ2) is 12.1. The van der Waals surface area contributed by atoms with Crippen molar-refractivity contribution in [1.82, 2.24) is 15.5 Å². The Kier molecular flexibility index (Phi) is 8.64. The first-order valence-electron chi connectivity index (χ1n) is 13.6. The molecule has 1 aromatic carbocycles. The number of nitrogens with two attached hydrogens (primary N) is 1. The standard InChI is InChI=1S/C35H40N4O/c1-8-28-10-9-11-30(14-12-28)27(7)38-35(40)23(3)18-22(2)26(6)37-20-29-13-15-31-16-17-39(21-32(31)19-29)34-25(5)24(4)33(34)36/h8-9,11-15,18-19,27,37H,1,3-6,10,16-17,20-21,36H2,2,7H3,(H,38,40)/b22-18+/t27-/m0/s1. The predicted molar refractivity (Wildman–Crippen MR) is 167 cm³/mol. The van der Waals surface area contributed by atoms with E-state index in [2.05, 4.69) is 72.7 Å². The van der Waals surface area contributed by atoms with Crippen molar-refractivity contribution in [3.8, 4) is 0 Å². The third-order valence-corrected chi connectivity index (χ3v) is 7.76. The van der Waals surface area contributed by atoms with Crippen molar-refractivity contribution >= 4 is 5.91 Å². The third kappa shape index (κ3) is 6.20. The molecule has 4 N–H and O–H groups in total. The zero-order valence-electron chi connectivity index (χ0n) is 23.8. The molecular formula is C35H40N4O. The monoisotopic (exact) mass is 532 g/mol. The number of hydrogen-bond acceptors (Lipinski definition) is 4. The number of nitrogens with zero attached hydrogens (tertiary/aromatic N) is 1. The fourth-order valence-corrected chi connectivity index (χ4v) is 5.05. The van der Waals surface area contributed by atoms with Crippen LogP contribution < -0.4 is 16.4 Å². The summed E-state index contributed by atoms with van der Waals surface area (Å²) >= 11 is 0. The van der Waals surface area contributed by atoms with Crippen LogP contribution in [0, 0.1) is 0 Å². The van der Waals surface area contributed by atoms with Crippen molar-refractivity contribution in [3.05, 3.63) is 155 Å². The summed E-state index contributed by atoms with van der Waals surface area (Å²) in [6.45, 7) is 26.3. The minimum atomic E-state index is -0.209. The summed E-state index contributed by atoms with van der Waals surface area (Å²) in [7, 11) is 0. The summed E-state index contributed by atoms with van der Waals surface area (Å²) in [5.41, 5.74) is 17.8. The van der Waals surface area contributed by atoms with Crippen LogP contribution in [0.15, 0.2) is 138 Å². The van der Waals surface area contributed by atoms with E-state index in [0.29, 0.717) is 12.1 Å². The van der Waals surface area contributed by atoms with Crippen LogP contribution >= 0.6 is 0 Å². The van der Waals surface area contributed by atoms with Gasteiger partial charge < -0.3 is 21.3 Å². The van der Waals surface area contributed by atoms with Gasteiger partial charge in [0.25, 0.3) is 5.91 Å². The van der Waals surface area contributed by atoms with E-state index in [1.165, 1.54) is 11.1 Å². The van der Waals surface area contributed by atoms with Crippen LogP contribution in [0.1, 0.15) is 37.0 Å². The molecular weight excluding hydrogens is 492 g/mol. The predicted octanol–water partition coefficient (Wildman–Crippen LogP) is 5.95. The average molecular weight is 533 g/mol. The van der Waals surface area contributed by atoms with Crippen LogP contribution in [0.5, 0.6) is 0 Å². The molecule has 0 unspecified atom stereocenters. The lowest BCUT2D eigenvalue weighted by Crippen LogP contribution is -2.37. The van der Waals surface area contributed by atoms with Gasteiger partial charge in [0.15, 0.2) is 0 Å². The normalized spacial score (nSPS) is 17.6. The Balaban J connectivity index is 1.32. The maximum absolute atomic E-state index is 12.8. The number of amides is 1. The van der Waals surface area contributed by atoms with E-state index in [1.54, 1.807) is 6.08 Å². The lowest BCUT2D eigenvalue weighted by Gasteiger charge is -2.39. The van der Waals surface area contributed by atoms with Crippen molar-refractivity contribution < 1.29 is 4.79 Å². The van der Waals surface area contributed by atoms with E-state index in [4.69, 9.17) is 5.73 Å². The quantitative estimate of drug-likeness (QED) is 0.257. The Labute approximate surface area is 238 Å². The van der Waals surface area contributed by atoms with Crippen molar-refractivity contribution in [1.29, 1.82) is 0 Å². The highest BCUT2D eigenvalue weighted by Gasteiger charge is 2.30. The van der Waals surface area contributed by atoms with Crippen LogP contribution in [-0.4, -0.2) is 23.4 Å². The number of benzene rings is 1. The van der Waals surface area contributed by atoms with Gasteiger partial charge in [0.05, 0.1) is 17.4 Å². The summed E-state index contributed by atoms with van der Waals surface area (Å²) in [4.78, 5) is 15.1. The second-order valence-electron chi connectivity index (χ2n) is 10.6. The van der Waals surface area contributed by atoms with Gasteiger partial charge in [-0.2, -0.15) is 0 Å². The van der Waals surface area contributed by atoms with Gasteiger partial charge in [0, 0.05) is 42.1 Å². The Bertz CT molecular complexity index is 1460. The molecule has 3 aliphatic rings. The maximum Gasteiger partial charge on any atom is 0.251 e.